The summed E-state index contributed by atoms with van der Waals surface area (Å²) in [4.78, 5) is 12.6. The third-order valence-corrected chi connectivity index (χ3v) is 5.85. The van der Waals surface area contributed by atoms with Gasteiger partial charge in [0.05, 0.1) is 12.1 Å². The van der Waals surface area contributed by atoms with E-state index in [1.165, 1.54) is 0 Å². The number of rotatable bonds is 6. The number of benzene rings is 3. The van der Waals surface area contributed by atoms with Gasteiger partial charge in [-0.1, -0.05) is 78.9 Å². The molecular formula is C24H22N2O2S. The Hall–Kier alpha value is -3.15. The van der Waals surface area contributed by atoms with E-state index in [0.717, 1.165) is 26.8 Å². The van der Waals surface area contributed by atoms with Crippen LogP contribution in [0.5, 0.6) is 0 Å². The Morgan fingerprint density at radius 3 is 2.10 bits per heavy atom. The Bertz CT molecular complexity index is 1040. The van der Waals surface area contributed by atoms with Crippen LogP contribution in [0.1, 0.15) is 28.8 Å². The van der Waals surface area contributed by atoms with Crippen LogP contribution in [0, 0.1) is 0 Å². The first-order valence-corrected chi connectivity index (χ1v) is 10.4. The van der Waals surface area contributed by atoms with Crippen molar-refractivity contribution in [1.82, 2.24) is 10.6 Å². The maximum Gasteiger partial charge on any atom is 0.315 e. The van der Waals surface area contributed by atoms with Crippen molar-refractivity contribution in [2.45, 2.75) is 12.1 Å². The van der Waals surface area contributed by atoms with Crippen LogP contribution in [0.3, 0.4) is 0 Å². The van der Waals surface area contributed by atoms with Crippen molar-refractivity contribution in [3.05, 3.63) is 107 Å². The van der Waals surface area contributed by atoms with Gasteiger partial charge < -0.3 is 15.7 Å². The van der Waals surface area contributed by atoms with Crippen LogP contribution in [0.15, 0.2) is 90.3 Å². The van der Waals surface area contributed by atoms with E-state index in [2.05, 4.69) is 10.6 Å². The van der Waals surface area contributed by atoms with Crippen LogP contribution >= 0.6 is 11.3 Å². The Labute approximate surface area is 173 Å². The average Bonchev–Trinajstić information content (AvgIpc) is 3.21. The largest absolute Gasteiger partial charge is 0.387 e. The number of fused-ring (bicyclic) bond motifs is 1. The third-order valence-electron chi connectivity index (χ3n) is 4.87. The van der Waals surface area contributed by atoms with Crippen LogP contribution in [0.4, 0.5) is 4.79 Å². The monoisotopic (exact) mass is 402 g/mol. The molecule has 4 nitrogen and oxygen atoms in total. The average molecular weight is 403 g/mol. The second-order valence-electron chi connectivity index (χ2n) is 6.81. The van der Waals surface area contributed by atoms with Gasteiger partial charge in [0, 0.05) is 16.8 Å². The number of aliphatic hydroxyl groups is 1. The molecule has 0 saturated carbocycles. The SMILES string of the molecule is O=C(NCC(O)c1csc2ccccc12)NC(c1ccccc1)c1ccccc1. The molecule has 3 N–H and O–H groups in total. The Morgan fingerprint density at radius 2 is 1.45 bits per heavy atom. The number of carbonyl (C=O) groups is 1. The highest BCUT2D eigenvalue weighted by molar-refractivity contribution is 7.17. The molecule has 2 amide bonds. The molecule has 0 aliphatic carbocycles. The highest BCUT2D eigenvalue weighted by atomic mass is 32.1. The molecule has 0 fully saturated rings. The molecule has 0 bridgehead atoms. The summed E-state index contributed by atoms with van der Waals surface area (Å²) in [5.74, 6) is 0. The van der Waals surface area contributed by atoms with Crippen LogP contribution < -0.4 is 10.6 Å². The number of thiophene rings is 1. The second kappa shape index (κ2) is 8.90. The fraction of sp³-hybridized carbons (Fsp3) is 0.125. The van der Waals surface area contributed by atoms with E-state index in [9.17, 15) is 9.90 Å². The lowest BCUT2D eigenvalue weighted by Gasteiger charge is -2.21. The summed E-state index contributed by atoms with van der Waals surface area (Å²) in [5, 5.41) is 19.4. The standard InChI is InChI=1S/C24H22N2O2S/c27-21(20-16-29-22-14-8-7-13-19(20)22)15-25-24(28)26-23(17-9-3-1-4-10-17)18-11-5-2-6-12-18/h1-14,16,21,23,27H,15H2,(H2,25,26,28). The van der Waals surface area contributed by atoms with Gasteiger partial charge in [0.1, 0.15) is 0 Å². The van der Waals surface area contributed by atoms with Crippen molar-refractivity contribution in [3.8, 4) is 0 Å². The second-order valence-corrected chi connectivity index (χ2v) is 7.72. The molecule has 1 heterocycles. The maximum atomic E-state index is 12.6. The van der Waals surface area contributed by atoms with Crippen LogP contribution in [0.2, 0.25) is 0 Å². The molecule has 4 aromatic rings. The van der Waals surface area contributed by atoms with Crippen LogP contribution in [0.25, 0.3) is 10.1 Å². The van der Waals surface area contributed by atoms with E-state index in [1.807, 2.05) is 90.3 Å². The number of carbonyl (C=O) groups excluding carboxylic acids is 1. The Kier molecular flexibility index (Phi) is 5.89. The van der Waals surface area contributed by atoms with E-state index >= 15 is 0 Å². The van der Waals surface area contributed by atoms with E-state index in [4.69, 9.17) is 0 Å². The number of urea groups is 1. The van der Waals surface area contributed by atoms with Crippen molar-refractivity contribution in [1.29, 1.82) is 0 Å². The summed E-state index contributed by atoms with van der Waals surface area (Å²) in [6, 6.07) is 27.1. The first-order valence-electron chi connectivity index (χ1n) is 9.51. The lowest BCUT2D eigenvalue weighted by atomic mass is 9.99. The van der Waals surface area contributed by atoms with Crippen LogP contribution in [-0.2, 0) is 0 Å². The normalized spacial score (nSPS) is 12.1. The predicted molar refractivity (Wildman–Crippen MR) is 118 cm³/mol. The number of hydrogen-bond donors (Lipinski definition) is 3. The molecule has 29 heavy (non-hydrogen) atoms. The van der Waals surface area contributed by atoms with Crippen LogP contribution in [-0.4, -0.2) is 17.7 Å². The summed E-state index contributed by atoms with van der Waals surface area (Å²) < 4.78 is 1.12. The van der Waals surface area contributed by atoms with Crippen molar-refractivity contribution in [2.24, 2.45) is 0 Å². The van der Waals surface area contributed by atoms with Crippen molar-refractivity contribution < 1.29 is 9.90 Å². The summed E-state index contributed by atoms with van der Waals surface area (Å²) in [6.45, 7) is 0.142. The zero-order valence-electron chi connectivity index (χ0n) is 15.8. The van der Waals surface area contributed by atoms with Gasteiger partial charge in [-0.25, -0.2) is 4.79 Å². The lowest BCUT2D eigenvalue weighted by Crippen LogP contribution is -2.40. The first kappa shape index (κ1) is 19.2. The van der Waals surface area contributed by atoms with Gasteiger partial charge in [0.2, 0.25) is 0 Å². The van der Waals surface area contributed by atoms with E-state index in [-0.39, 0.29) is 18.6 Å². The predicted octanol–water partition coefficient (Wildman–Crippen LogP) is 5.02. The van der Waals surface area contributed by atoms with E-state index in [0.29, 0.717) is 0 Å². The minimum absolute atomic E-state index is 0.142. The molecule has 146 valence electrons. The van der Waals surface area contributed by atoms with Gasteiger partial charge >= 0.3 is 6.03 Å². The number of amides is 2. The third kappa shape index (κ3) is 4.47. The molecule has 0 aliphatic rings. The topological polar surface area (TPSA) is 61.4 Å². The lowest BCUT2D eigenvalue weighted by molar-refractivity contribution is 0.174. The molecular weight excluding hydrogens is 380 g/mol. The first-order chi connectivity index (χ1) is 14.2. The Balaban J connectivity index is 1.44. The van der Waals surface area contributed by atoms with E-state index < -0.39 is 6.10 Å². The van der Waals surface area contributed by atoms with Gasteiger partial charge in [-0.2, -0.15) is 0 Å². The van der Waals surface area contributed by atoms with Gasteiger partial charge in [-0.05, 0) is 28.0 Å². The van der Waals surface area contributed by atoms with Crippen molar-refractivity contribution in [3.63, 3.8) is 0 Å². The summed E-state index contributed by atoms with van der Waals surface area (Å²) in [7, 11) is 0. The van der Waals surface area contributed by atoms with Crippen molar-refractivity contribution >= 4 is 27.5 Å². The fourth-order valence-electron chi connectivity index (χ4n) is 3.39. The highest BCUT2D eigenvalue weighted by Crippen LogP contribution is 2.30. The number of aliphatic hydroxyl groups excluding tert-OH is 1. The summed E-state index contributed by atoms with van der Waals surface area (Å²) in [6.07, 6.45) is -0.760. The molecule has 0 radical (unpaired) electrons. The minimum atomic E-state index is -0.760. The molecule has 1 atom stereocenters. The number of hydrogen-bond acceptors (Lipinski definition) is 3. The fourth-order valence-corrected chi connectivity index (χ4v) is 4.40. The molecule has 5 heteroatoms. The zero-order chi connectivity index (χ0) is 20.1. The highest BCUT2D eigenvalue weighted by Gasteiger charge is 2.18. The smallest absolute Gasteiger partial charge is 0.315 e. The molecule has 0 aliphatic heterocycles. The Morgan fingerprint density at radius 1 is 0.862 bits per heavy atom. The summed E-state index contributed by atoms with van der Waals surface area (Å²) in [5.41, 5.74) is 2.84. The van der Waals surface area contributed by atoms with Gasteiger partial charge in [-0.15, -0.1) is 11.3 Å². The zero-order valence-corrected chi connectivity index (χ0v) is 16.6. The molecule has 4 rings (SSSR count). The van der Waals surface area contributed by atoms with Gasteiger partial charge in [-0.3, -0.25) is 0 Å². The molecule has 1 unspecified atom stereocenters. The van der Waals surface area contributed by atoms with Crippen molar-refractivity contribution in [2.75, 3.05) is 6.54 Å². The quantitative estimate of drug-likeness (QED) is 0.424. The molecule has 3 aromatic carbocycles. The maximum absolute atomic E-state index is 12.6. The van der Waals surface area contributed by atoms with E-state index in [1.54, 1.807) is 11.3 Å². The molecule has 0 spiro atoms. The van der Waals surface area contributed by atoms with Gasteiger partial charge in [0.25, 0.3) is 0 Å². The minimum Gasteiger partial charge on any atom is -0.387 e. The summed E-state index contributed by atoms with van der Waals surface area (Å²) >= 11 is 1.59. The number of nitrogens with one attached hydrogen (secondary N) is 2. The van der Waals surface area contributed by atoms with Gasteiger partial charge in [0.15, 0.2) is 0 Å². The molecule has 1 aromatic heterocycles. The molecule has 0 saturated heterocycles.